The van der Waals surface area contributed by atoms with Crippen LogP contribution in [0.1, 0.15) is 15.9 Å². The molecule has 1 amide bonds. The average molecular weight is 481 g/mol. The van der Waals surface area contributed by atoms with Gasteiger partial charge in [0, 0.05) is 35.7 Å². The molecule has 0 aliphatic carbocycles. The van der Waals surface area contributed by atoms with Crippen molar-refractivity contribution in [3.05, 3.63) is 82.2 Å². The lowest BCUT2D eigenvalue weighted by atomic mass is 10.2. The second kappa shape index (κ2) is 10.3. The second-order valence-corrected chi connectivity index (χ2v) is 11.1. The van der Waals surface area contributed by atoms with Crippen LogP contribution >= 0.6 is 34.7 Å². The Kier molecular flexibility index (Phi) is 7.82. The number of benzene rings is 2. The molecule has 3 rings (SSSR count). The number of sulfonamides is 1. The summed E-state index contributed by atoms with van der Waals surface area (Å²) in [6.07, 6.45) is 0. The molecule has 5 nitrogen and oxygen atoms in total. The number of carbonyl (C=O) groups excluding carboxylic acids is 1. The smallest absolute Gasteiger partial charge is 0.273 e. The van der Waals surface area contributed by atoms with E-state index in [4.69, 9.17) is 11.6 Å². The molecule has 0 atom stereocenters. The summed E-state index contributed by atoms with van der Waals surface area (Å²) >= 11 is 8.77. The van der Waals surface area contributed by atoms with Gasteiger partial charge >= 0.3 is 0 Å². The zero-order valence-electron chi connectivity index (χ0n) is 16.2. The quantitative estimate of drug-likeness (QED) is 0.443. The van der Waals surface area contributed by atoms with Gasteiger partial charge in [0.2, 0.25) is 0 Å². The van der Waals surface area contributed by atoms with E-state index in [1.165, 1.54) is 28.3 Å². The van der Waals surface area contributed by atoms with E-state index in [1.54, 1.807) is 53.5 Å². The highest BCUT2D eigenvalue weighted by Crippen LogP contribution is 2.25. The predicted molar refractivity (Wildman–Crippen MR) is 126 cm³/mol. The number of nitrogens with zero attached hydrogens (tertiary/aromatic N) is 1. The van der Waals surface area contributed by atoms with Gasteiger partial charge in [-0.15, -0.1) is 11.3 Å². The van der Waals surface area contributed by atoms with Crippen molar-refractivity contribution in [2.75, 3.05) is 23.7 Å². The predicted octanol–water partition coefficient (Wildman–Crippen LogP) is 4.89. The molecule has 0 unspecified atom stereocenters. The topological polar surface area (TPSA) is 66.5 Å². The standard InChI is InChI=1S/C21H21ClN2O3S3/c1-24(30(26,27)20-3-2-13-29-20)19-10-6-17(7-11-19)21(25)23-12-14-28-15-16-4-8-18(22)9-5-16/h2-11,13H,12,14-15H2,1H3,(H,23,25). The lowest BCUT2D eigenvalue weighted by molar-refractivity contribution is 0.0956. The van der Waals surface area contributed by atoms with Gasteiger partial charge in [-0.3, -0.25) is 9.10 Å². The van der Waals surface area contributed by atoms with Gasteiger partial charge in [0.25, 0.3) is 15.9 Å². The van der Waals surface area contributed by atoms with Gasteiger partial charge in [-0.25, -0.2) is 8.42 Å². The number of carbonyl (C=O) groups is 1. The summed E-state index contributed by atoms with van der Waals surface area (Å²) in [7, 11) is -2.08. The lowest BCUT2D eigenvalue weighted by Crippen LogP contribution is -2.27. The SMILES string of the molecule is CN(c1ccc(C(=O)NCCSCc2ccc(Cl)cc2)cc1)S(=O)(=O)c1cccs1. The summed E-state index contributed by atoms with van der Waals surface area (Å²) in [4.78, 5) is 12.3. The maximum absolute atomic E-state index is 12.6. The number of thioether (sulfide) groups is 1. The van der Waals surface area contributed by atoms with Crippen molar-refractivity contribution in [3.8, 4) is 0 Å². The van der Waals surface area contributed by atoms with Crippen LogP contribution in [-0.4, -0.2) is 33.7 Å². The van der Waals surface area contributed by atoms with Crippen molar-refractivity contribution >= 4 is 56.3 Å². The van der Waals surface area contributed by atoms with Crippen molar-refractivity contribution in [1.29, 1.82) is 0 Å². The van der Waals surface area contributed by atoms with E-state index in [-0.39, 0.29) is 10.1 Å². The lowest BCUT2D eigenvalue weighted by Gasteiger charge is -2.18. The second-order valence-electron chi connectivity index (χ2n) is 6.39. The maximum atomic E-state index is 12.6. The number of thiophene rings is 1. The maximum Gasteiger partial charge on any atom is 0.273 e. The van der Waals surface area contributed by atoms with Crippen LogP contribution < -0.4 is 9.62 Å². The largest absolute Gasteiger partial charge is 0.351 e. The Morgan fingerprint density at radius 2 is 1.80 bits per heavy atom. The fourth-order valence-corrected chi connectivity index (χ4v) is 5.92. The summed E-state index contributed by atoms with van der Waals surface area (Å²) in [5, 5.41) is 5.33. The highest BCUT2D eigenvalue weighted by molar-refractivity contribution is 7.98. The Bertz CT molecular complexity index is 1070. The molecule has 0 spiro atoms. The number of nitrogens with one attached hydrogen (secondary N) is 1. The molecule has 0 saturated carbocycles. The molecule has 0 radical (unpaired) electrons. The first-order valence-electron chi connectivity index (χ1n) is 9.11. The third-order valence-electron chi connectivity index (χ3n) is 4.32. The molecule has 0 saturated heterocycles. The normalized spacial score (nSPS) is 11.3. The Balaban J connectivity index is 1.48. The van der Waals surface area contributed by atoms with E-state index >= 15 is 0 Å². The molecule has 1 aromatic heterocycles. The molecule has 2 aromatic carbocycles. The van der Waals surface area contributed by atoms with Crippen molar-refractivity contribution < 1.29 is 13.2 Å². The van der Waals surface area contributed by atoms with Gasteiger partial charge < -0.3 is 5.32 Å². The minimum absolute atomic E-state index is 0.183. The molecule has 0 bridgehead atoms. The van der Waals surface area contributed by atoms with E-state index in [1.807, 2.05) is 24.3 Å². The molecular formula is C21H21ClN2O3S3. The molecule has 1 N–H and O–H groups in total. The molecule has 3 aromatic rings. The summed E-state index contributed by atoms with van der Waals surface area (Å²) in [5.74, 6) is 1.46. The van der Waals surface area contributed by atoms with Crippen LogP contribution in [-0.2, 0) is 15.8 Å². The van der Waals surface area contributed by atoms with E-state index < -0.39 is 10.0 Å². The van der Waals surface area contributed by atoms with Crippen LogP contribution in [0.2, 0.25) is 5.02 Å². The van der Waals surface area contributed by atoms with Gasteiger partial charge in [0.15, 0.2) is 0 Å². The van der Waals surface area contributed by atoms with Gasteiger partial charge in [-0.1, -0.05) is 29.8 Å². The van der Waals surface area contributed by atoms with E-state index in [0.29, 0.717) is 17.8 Å². The van der Waals surface area contributed by atoms with Gasteiger partial charge in [0.05, 0.1) is 5.69 Å². The third kappa shape index (κ3) is 5.78. The van der Waals surface area contributed by atoms with Crippen molar-refractivity contribution in [2.45, 2.75) is 9.96 Å². The molecule has 0 aliphatic rings. The van der Waals surface area contributed by atoms with E-state index in [2.05, 4.69) is 5.32 Å². The number of hydrogen-bond acceptors (Lipinski definition) is 5. The summed E-state index contributed by atoms with van der Waals surface area (Å²) < 4.78 is 26.7. The number of hydrogen-bond donors (Lipinski definition) is 1. The fraction of sp³-hybridized carbons (Fsp3) is 0.190. The van der Waals surface area contributed by atoms with Crippen molar-refractivity contribution in [3.63, 3.8) is 0 Å². The number of amides is 1. The van der Waals surface area contributed by atoms with E-state index in [9.17, 15) is 13.2 Å². The molecule has 0 aliphatic heterocycles. The number of anilines is 1. The first-order valence-corrected chi connectivity index (χ1v) is 13.0. The summed E-state index contributed by atoms with van der Waals surface area (Å²) in [6, 6.07) is 17.5. The third-order valence-corrected chi connectivity index (χ3v) is 8.76. The minimum atomic E-state index is -3.59. The van der Waals surface area contributed by atoms with Crippen LogP contribution in [0.15, 0.2) is 70.3 Å². The molecule has 9 heteroatoms. The summed E-state index contributed by atoms with van der Waals surface area (Å²) in [6.45, 7) is 0.547. The number of halogens is 1. The Morgan fingerprint density at radius 3 is 2.43 bits per heavy atom. The first kappa shape index (κ1) is 22.7. The van der Waals surface area contributed by atoms with E-state index in [0.717, 1.165) is 16.5 Å². The molecule has 158 valence electrons. The molecule has 30 heavy (non-hydrogen) atoms. The van der Waals surface area contributed by atoms with Crippen LogP contribution in [0.5, 0.6) is 0 Å². The average Bonchev–Trinajstić information content (AvgIpc) is 3.30. The van der Waals surface area contributed by atoms with Gasteiger partial charge in [0.1, 0.15) is 4.21 Å². The molecular weight excluding hydrogens is 460 g/mol. The highest BCUT2D eigenvalue weighted by Gasteiger charge is 2.22. The highest BCUT2D eigenvalue weighted by atomic mass is 35.5. The molecule has 0 fully saturated rings. The zero-order valence-corrected chi connectivity index (χ0v) is 19.5. The van der Waals surface area contributed by atoms with Crippen LogP contribution in [0.4, 0.5) is 5.69 Å². The minimum Gasteiger partial charge on any atom is -0.351 e. The Hall–Kier alpha value is -2.00. The van der Waals surface area contributed by atoms with Crippen molar-refractivity contribution in [2.24, 2.45) is 0 Å². The molecule has 1 heterocycles. The van der Waals surface area contributed by atoms with Gasteiger partial charge in [-0.05, 0) is 53.4 Å². The first-order chi connectivity index (χ1) is 14.4. The zero-order chi connectivity index (χ0) is 21.6. The summed E-state index contributed by atoms with van der Waals surface area (Å²) in [5.41, 5.74) is 2.18. The monoisotopic (exact) mass is 480 g/mol. The number of rotatable bonds is 9. The van der Waals surface area contributed by atoms with Gasteiger partial charge in [-0.2, -0.15) is 11.8 Å². The van der Waals surface area contributed by atoms with Crippen LogP contribution in [0.3, 0.4) is 0 Å². The fourth-order valence-electron chi connectivity index (χ4n) is 2.62. The Labute approximate surface area is 190 Å². The Morgan fingerprint density at radius 1 is 1.10 bits per heavy atom. The van der Waals surface area contributed by atoms with Crippen molar-refractivity contribution in [1.82, 2.24) is 5.32 Å². The van der Waals surface area contributed by atoms with Crippen LogP contribution in [0.25, 0.3) is 0 Å². The van der Waals surface area contributed by atoms with Crippen LogP contribution in [0, 0.1) is 0 Å².